The van der Waals surface area contributed by atoms with Crippen LogP contribution in [0.25, 0.3) is 22.6 Å². The second-order valence-corrected chi connectivity index (χ2v) is 9.58. The summed E-state index contributed by atoms with van der Waals surface area (Å²) in [6.45, 7) is 0. The summed E-state index contributed by atoms with van der Waals surface area (Å²) >= 11 is 0. The molecule has 4 fully saturated rings. The molecule has 1 amide bonds. The van der Waals surface area contributed by atoms with E-state index in [1.54, 1.807) is 7.11 Å². The van der Waals surface area contributed by atoms with Gasteiger partial charge in [-0.25, -0.2) is 4.98 Å². The zero-order chi connectivity index (χ0) is 20.3. The Morgan fingerprint density at radius 2 is 1.70 bits per heavy atom. The summed E-state index contributed by atoms with van der Waals surface area (Å²) in [5, 5.41) is 3.21. The molecule has 0 saturated heterocycles. The molecule has 7 rings (SSSR count). The van der Waals surface area contributed by atoms with Crippen molar-refractivity contribution < 1.29 is 13.9 Å². The van der Waals surface area contributed by atoms with E-state index < -0.39 is 0 Å². The second kappa shape index (κ2) is 6.59. The fourth-order valence-corrected chi connectivity index (χ4v) is 6.51. The fraction of sp³-hybridized carbons (Fsp3) is 0.440. The molecule has 2 aromatic carbocycles. The SMILES string of the molecule is COc1ccc(-c2nc3ccc(NC(=O)C45CC6CC(CC(C6)C4)C5)cc3o2)cc1. The van der Waals surface area contributed by atoms with Crippen LogP contribution in [0.1, 0.15) is 38.5 Å². The molecule has 4 bridgehead atoms. The van der Waals surface area contributed by atoms with E-state index in [1.165, 1.54) is 19.3 Å². The largest absolute Gasteiger partial charge is 0.497 e. The molecule has 0 spiro atoms. The Kier molecular flexibility index (Phi) is 3.95. The van der Waals surface area contributed by atoms with Crippen LogP contribution in [0.2, 0.25) is 0 Å². The average Bonchev–Trinajstić information content (AvgIpc) is 3.16. The number of methoxy groups -OCH3 is 1. The first kappa shape index (κ1) is 18.0. The molecular formula is C25H26N2O3. The maximum Gasteiger partial charge on any atom is 0.230 e. The summed E-state index contributed by atoms with van der Waals surface area (Å²) < 4.78 is 11.2. The van der Waals surface area contributed by atoms with Crippen molar-refractivity contribution >= 4 is 22.7 Å². The Morgan fingerprint density at radius 1 is 1.03 bits per heavy atom. The van der Waals surface area contributed by atoms with Gasteiger partial charge in [-0.3, -0.25) is 4.79 Å². The molecule has 1 aromatic heterocycles. The number of benzene rings is 2. The van der Waals surface area contributed by atoms with Gasteiger partial charge in [-0.2, -0.15) is 0 Å². The number of anilines is 1. The maximum atomic E-state index is 13.3. The first-order valence-electron chi connectivity index (χ1n) is 11.0. The fourth-order valence-electron chi connectivity index (χ4n) is 6.51. The lowest BCUT2D eigenvalue weighted by atomic mass is 9.49. The molecule has 0 unspecified atom stereocenters. The molecule has 1 N–H and O–H groups in total. The third-order valence-corrected chi connectivity index (χ3v) is 7.50. The topological polar surface area (TPSA) is 64.4 Å². The van der Waals surface area contributed by atoms with Crippen molar-refractivity contribution in [3.8, 4) is 17.2 Å². The van der Waals surface area contributed by atoms with Crippen LogP contribution in [0.5, 0.6) is 5.75 Å². The average molecular weight is 402 g/mol. The quantitative estimate of drug-likeness (QED) is 0.612. The molecule has 0 atom stereocenters. The van der Waals surface area contributed by atoms with E-state index in [0.717, 1.165) is 59.5 Å². The predicted octanol–water partition coefficient (Wildman–Crippen LogP) is 5.66. The number of oxazole rings is 1. The number of nitrogens with zero attached hydrogens (tertiary/aromatic N) is 1. The molecule has 5 nitrogen and oxygen atoms in total. The van der Waals surface area contributed by atoms with Gasteiger partial charge in [0.25, 0.3) is 0 Å². The summed E-state index contributed by atoms with van der Waals surface area (Å²) in [6.07, 6.45) is 7.21. The molecule has 4 aliphatic rings. The van der Waals surface area contributed by atoms with E-state index in [4.69, 9.17) is 9.15 Å². The lowest BCUT2D eigenvalue weighted by Gasteiger charge is -2.55. The van der Waals surface area contributed by atoms with Gasteiger partial charge in [-0.1, -0.05) is 0 Å². The molecule has 30 heavy (non-hydrogen) atoms. The molecular weight excluding hydrogens is 376 g/mol. The minimum atomic E-state index is -0.153. The number of rotatable bonds is 4. The van der Waals surface area contributed by atoms with Crippen molar-refractivity contribution in [3.05, 3.63) is 42.5 Å². The lowest BCUT2D eigenvalue weighted by Crippen LogP contribution is -2.51. The minimum absolute atomic E-state index is 0.153. The van der Waals surface area contributed by atoms with Gasteiger partial charge in [0.15, 0.2) is 5.58 Å². The van der Waals surface area contributed by atoms with Crippen LogP contribution in [0, 0.1) is 23.2 Å². The van der Waals surface area contributed by atoms with Gasteiger partial charge in [0.2, 0.25) is 11.8 Å². The number of carbonyl (C=O) groups excluding carboxylic acids is 1. The molecule has 0 radical (unpaired) electrons. The molecule has 0 aliphatic heterocycles. The minimum Gasteiger partial charge on any atom is -0.497 e. The van der Waals surface area contributed by atoms with Crippen LogP contribution < -0.4 is 10.1 Å². The van der Waals surface area contributed by atoms with E-state index in [9.17, 15) is 4.79 Å². The van der Waals surface area contributed by atoms with E-state index >= 15 is 0 Å². The van der Waals surface area contributed by atoms with E-state index in [2.05, 4.69) is 10.3 Å². The van der Waals surface area contributed by atoms with Crippen molar-refractivity contribution in [2.45, 2.75) is 38.5 Å². The summed E-state index contributed by atoms with van der Waals surface area (Å²) in [6, 6.07) is 13.4. The zero-order valence-electron chi connectivity index (χ0n) is 17.2. The standard InChI is InChI=1S/C25H26N2O3/c1-29-20-5-2-18(3-6-20)23-27-21-7-4-19(11-22(21)30-23)26-24(28)25-12-15-8-16(13-25)10-17(9-15)14-25/h2-7,11,15-17H,8-10,12-14H2,1H3,(H,26,28). The van der Waals surface area contributed by atoms with Gasteiger partial charge in [0.1, 0.15) is 11.3 Å². The summed E-state index contributed by atoms with van der Waals surface area (Å²) in [5.74, 6) is 3.83. The van der Waals surface area contributed by atoms with Crippen molar-refractivity contribution in [1.82, 2.24) is 4.98 Å². The third kappa shape index (κ3) is 2.91. The highest BCUT2D eigenvalue weighted by Crippen LogP contribution is 2.60. The maximum absolute atomic E-state index is 13.3. The zero-order valence-corrected chi connectivity index (χ0v) is 17.2. The molecule has 3 aromatic rings. The molecule has 5 heteroatoms. The van der Waals surface area contributed by atoms with E-state index in [-0.39, 0.29) is 11.3 Å². The molecule has 1 heterocycles. The van der Waals surface area contributed by atoms with Gasteiger partial charge in [0.05, 0.1) is 12.5 Å². The number of ether oxygens (including phenoxy) is 1. The highest BCUT2D eigenvalue weighted by Gasteiger charge is 2.54. The van der Waals surface area contributed by atoms with Crippen molar-refractivity contribution in [2.75, 3.05) is 12.4 Å². The molecule has 154 valence electrons. The smallest absolute Gasteiger partial charge is 0.230 e. The first-order valence-corrected chi connectivity index (χ1v) is 11.0. The van der Waals surface area contributed by atoms with Crippen molar-refractivity contribution in [1.29, 1.82) is 0 Å². The Morgan fingerprint density at radius 3 is 2.33 bits per heavy atom. The van der Waals surface area contributed by atoms with Crippen LogP contribution in [-0.2, 0) is 4.79 Å². The summed E-state index contributed by atoms with van der Waals surface area (Å²) in [7, 11) is 1.65. The van der Waals surface area contributed by atoms with Crippen LogP contribution in [-0.4, -0.2) is 18.0 Å². The monoisotopic (exact) mass is 402 g/mol. The van der Waals surface area contributed by atoms with Crippen LogP contribution in [0.15, 0.2) is 46.9 Å². The van der Waals surface area contributed by atoms with Gasteiger partial charge in [-0.15, -0.1) is 0 Å². The molecule has 4 aliphatic carbocycles. The Bertz CT molecular complexity index is 1080. The molecule has 4 saturated carbocycles. The highest BCUT2D eigenvalue weighted by molar-refractivity contribution is 5.97. The normalized spacial score (nSPS) is 29.3. The first-order chi connectivity index (χ1) is 14.6. The third-order valence-electron chi connectivity index (χ3n) is 7.50. The second-order valence-electron chi connectivity index (χ2n) is 9.58. The van der Waals surface area contributed by atoms with Gasteiger partial charge < -0.3 is 14.5 Å². The summed E-state index contributed by atoms with van der Waals surface area (Å²) in [5.41, 5.74) is 3.00. The number of nitrogens with one attached hydrogen (secondary N) is 1. The summed E-state index contributed by atoms with van der Waals surface area (Å²) in [4.78, 5) is 17.9. The highest BCUT2D eigenvalue weighted by atomic mass is 16.5. The Labute approximate surface area is 175 Å². The number of aromatic nitrogens is 1. The van der Waals surface area contributed by atoms with E-state index in [1.807, 2.05) is 42.5 Å². The van der Waals surface area contributed by atoms with Crippen molar-refractivity contribution in [2.24, 2.45) is 23.2 Å². The predicted molar refractivity (Wildman–Crippen MR) is 115 cm³/mol. The van der Waals surface area contributed by atoms with Gasteiger partial charge in [-0.05, 0) is 92.7 Å². The number of fused-ring (bicyclic) bond motifs is 1. The number of amides is 1. The van der Waals surface area contributed by atoms with Crippen LogP contribution >= 0.6 is 0 Å². The lowest BCUT2D eigenvalue weighted by molar-refractivity contribution is -0.140. The number of carbonyl (C=O) groups is 1. The number of hydrogen-bond donors (Lipinski definition) is 1. The van der Waals surface area contributed by atoms with Crippen molar-refractivity contribution in [3.63, 3.8) is 0 Å². The van der Waals surface area contributed by atoms with Gasteiger partial charge >= 0.3 is 0 Å². The van der Waals surface area contributed by atoms with E-state index in [0.29, 0.717) is 11.5 Å². The Hall–Kier alpha value is -2.82. The van der Waals surface area contributed by atoms with Crippen LogP contribution in [0.3, 0.4) is 0 Å². The number of hydrogen-bond acceptors (Lipinski definition) is 4. The Balaban J connectivity index is 1.24. The van der Waals surface area contributed by atoms with Crippen LogP contribution in [0.4, 0.5) is 5.69 Å². The van der Waals surface area contributed by atoms with Gasteiger partial charge in [0, 0.05) is 17.3 Å².